The summed E-state index contributed by atoms with van der Waals surface area (Å²) in [5.41, 5.74) is 10.7. The normalized spacial score (nSPS) is 11.5. The first-order chi connectivity index (χ1) is 20.8. The molecule has 0 aliphatic heterocycles. The second kappa shape index (κ2) is 11.3. The molecular formula is C40H32N2. The van der Waals surface area contributed by atoms with Crippen LogP contribution in [-0.4, -0.2) is 4.57 Å². The summed E-state index contributed by atoms with van der Waals surface area (Å²) in [5, 5.41) is 2.55. The number of hydrogen-bond acceptors (Lipinski definition) is 1. The van der Waals surface area contributed by atoms with Crippen LogP contribution in [0.2, 0.25) is 0 Å². The maximum Gasteiger partial charge on any atom is 0.0541 e. The second-order valence-corrected chi connectivity index (χ2v) is 10.6. The highest BCUT2D eigenvalue weighted by Crippen LogP contribution is 2.37. The third-order valence-electron chi connectivity index (χ3n) is 7.97. The van der Waals surface area contributed by atoms with E-state index in [0.717, 1.165) is 29.2 Å². The minimum absolute atomic E-state index is 1.06. The maximum atomic E-state index is 2.36. The fourth-order valence-corrected chi connectivity index (χ4v) is 5.77. The van der Waals surface area contributed by atoms with Crippen molar-refractivity contribution in [3.8, 4) is 5.69 Å². The lowest BCUT2D eigenvalue weighted by Crippen LogP contribution is -2.10. The fraction of sp³-hybridized carbons (Fsp3) is 0.0500. The van der Waals surface area contributed by atoms with E-state index in [1.54, 1.807) is 0 Å². The van der Waals surface area contributed by atoms with Gasteiger partial charge >= 0.3 is 0 Å². The van der Waals surface area contributed by atoms with Gasteiger partial charge in [0.15, 0.2) is 0 Å². The zero-order valence-corrected chi connectivity index (χ0v) is 23.7. The van der Waals surface area contributed by atoms with Crippen LogP contribution in [0.3, 0.4) is 0 Å². The molecule has 2 heteroatoms. The van der Waals surface area contributed by atoms with Crippen LogP contribution in [0.5, 0.6) is 0 Å². The van der Waals surface area contributed by atoms with Gasteiger partial charge in [0.1, 0.15) is 0 Å². The number of benzene rings is 6. The maximum absolute atomic E-state index is 2.36. The second-order valence-electron chi connectivity index (χ2n) is 10.6. The van der Waals surface area contributed by atoms with Crippen molar-refractivity contribution in [3.63, 3.8) is 0 Å². The highest BCUT2D eigenvalue weighted by Gasteiger charge is 2.14. The molecule has 0 saturated carbocycles. The monoisotopic (exact) mass is 540 g/mol. The van der Waals surface area contributed by atoms with Crippen molar-refractivity contribution in [2.24, 2.45) is 0 Å². The molecule has 0 fully saturated rings. The molecule has 0 saturated heterocycles. The van der Waals surface area contributed by atoms with Crippen LogP contribution in [0, 0.1) is 0 Å². The van der Waals surface area contributed by atoms with E-state index in [2.05, 4.69) is 180 Å². The topological polar surface area (TPSA) is 8.17 Å². The molecule has 0 aliphatic rings. The summed E-state index contributed by atoms with van der Waals surface area (Å²) >= 11 is 0. The highest BCUT2D eigenvalue weighted by atomic mass is 15.1. The summed E-state index contributed by atoms with van der Waals surface area (Å²) in [4.78, 5) is 2.31. The molecule has 2 nitrogen and oxygen atoms in total. The first-order valence-electron chi connectivity index (χ1n) is 14.6. The van der Waals surface area contributed by atoms with Gasteiger partial charge in [-0.2, -0.15) is 0 Å². The number of aromatic nitrogens is 1. The zero-order chi connectivity index (χ0) is 28.3. The molecule has 202 valence electrons. The summed E-state index contributed by atoms with van der Waals surface area (Å²) in [6.07, 6.45) is 5.42. The van der Waals surface area contributed by atoms with E-state index in [9.17, 15) is 0 Å². The number of rotatable bonds is 7. The lowest BCUT2D eigenvalue weighted by molar-refractivity contribution is 1.14. The first-order valence-corrected chi connectivity index (χ1v) is 14.6. The van der Waals surface area contributed by atoms with E-state index in [1.165, 1.54) is 38.5 Å². The van der Waals surface area contributed by atoms with Crippen LogP contribution in [0.15, 0.2) is 152 Å². The van der Waals surface area contributed by atoms with Crippen LogP contribution >= 0.6 is 0 Å². The summed E-state index contributed by atoms with van der Waals surface area (Å²) in [6.45, 7) is 2.19. The zero-order valence-electron chi connectivity index (χ0n) is 23.7. The van der Waals surface area contributed by atoms with Crippen molar-refractivity contribution in [2.45, 2.75) is 13.3 Å². The number of anilines is 3. The first kappa shape index (κ1) is 25.6. The van der Waals surface area contributed by atoms with Gasteiger partial charge in [-0.15, -0.1) is 0 Å². The quantitative estimate of drug-likeness (QED) is 0.183. The van der Waals surface area contributed by atoms with E-state index in [1.807, 2.05) is 0 Å². The number of para-hydroxylation sites is 3. The van der Waals surface area contributed by atoms with Gasteiger partial charge in [-0.25, -0.2) is 0 Å². The Kier molecular flexibility index (Phi) is 6.87. The van der Waals surface area contributed by atoms with E-state index < -0.39 is 0 Å². The molecule has 1 heterocycles. The van der Waals surface area contributed by atoms with Gasteiger partial charge in [-0.05, 0) is 83.8 Å². The van der Waals surface area contributed by atoms with Gasteiger partial charge in [0.25, 0.3) is 0 Å². The standard InChI is InChI=1S/C40H32N2/c1-2-30-16-18-31(19-17-30)20-21-32-22-24-34(25-23-32)41(33-10-4-3-5-11-33)35-26-28-36(29-27-35)42-39-14-8-6-12-37(39)38-13-7-9-15-40(38)42/h3-29H,2H2,1H3/b21-20+. The molecule has 6 aromatic carbocycles. The Balaban J connectivity index is 1.23. The number of hydrogen-bond donors (Lipinski definition) is 0. The molecule has 0 amide bonds. The van der Waals surface area contributed by atoms with Crippen LogP contribution in [0.1, 0.15) is 23.6 Å². The number of nitrogens with zero attached hydrogens (tertiary/aromatic N) is 2. The molecule has 7 aromatic rings. The summed E-state index contributed by atoms with van der Waals surface area (Å²) in [6, 6.07) is 54.3. The number of fused-ring (bicyclic) bond motifs is 3. The lowest BCUT2D eigenvalue weighted by atomic mass is 10.1. The van der Waals surface area contributed by atoms with Gasteiger partial charge in [-0.3, -0.25) is 0 Å². The molecule has 0 N–H and O–H groups in total. The van der Waals surface area contributed by atoms with E-state index in [4.69, 9.17) is 0 Å². The third kappa shape index (κ3) is 4.88. The summed E-state index contributed by atoms with van der Waals surface area (Å²) in [5.74, 6) is 0. The van der Waals surface area contributed by atoms with Gasteiger partial charge in [-0.1, -0.05) is 110 Å². The molecule has 0 atom stereocenters. The molecule has 7 rings (SSSR count). The van der Waals surface area contributed by atoms with E-state index in [-0.39, 0.29) is 0 Å². The van der Waals surface area contributed by atoms with Crippen LogP contribution in [0.25, 0.3) is 39.6 Å². The Morgan fingerprint density at radius 2 is 0.929 bits per heavy atom. The van der Waals surface area contributed by atoms with Gasteiger partial charge in [0, 0.05) is 33.5 Å². The Morgan fingerprint density at radius 3 is 1.48 bits per heavy atom. The van der Waals surface area contributed by atoms with Crippen molar-refractivity contribution in [2.75, 3.05) is 4.90 Å². The molecule has 1 aromatic heterocycles. The summed E-state index contributed by atoms with van der Waals surface area (Å²) in [7, 11) is 0. The molecule has 0 aliphatic carbocycles. The minimum atomic E-state index is 1.06. The Bertz CT molecular complexity index is 1930. The molecule has 0 unspecified atom stereocenters. The van der Waals surface area contributed by atoms with Crippen molar-refractivity contribution in [1.82, 2.24) is 4.57 Å². The predicted molar refractivity (Wildman–Crippen MR) is 180 cm³/mol. The third-order valence-corrected chi connectivity index (χ3v) is 7.97. The lowest BCUT2D eigenvalue weighted by Gasteiger charge is -2.26. The molecular weight excluding hydrogens is 508 g/mol. The van der Waals surface area contributed by atoms with Gasteiger partial charge in [0.2, 0.25) is 0 Å². The van der Waals surface area contributed by atoms with Crippen molar-refractivity contribution in [1.29, 1.82) is 0 Å². The average Bonchev–Trinajstić information content (AvgIpc) is 3.40. The Hall–Kier alpha value is -5.34. The molecule has 0 spiro atoms. The van der Waals surface area contributed by atoms with E-state index in [0.29, 0.717) is 0 Å². The van der Waals surface area contributed by atoms with Crippen LogP contribution < -0.4 is 4.90 Å². The van der Waals surface area contributed by atoms with E-state index >= 15 is 0 Å². The molecule has 0 radical (unpaired) electrons. The van der Waals surface area contributed by atoms with Crippen molar-refractivity contribution in [3.05, 3.63) is 168 Å². The highest BCUT2D eigenvalue weighted by molar-refractivity contribution is 6.09. The minimum Gasteiger partial charge on any atom is -0.311 e. The smallest absolute Gasteiger partial charge is 0.0541 e. The molecule has 42 heavy (non-hydrogen) atoms. The number of aryl methyl sites for hydroxylation is 1. The van der Waals surface area contributed by atoms with Crippen LogP contribution in [0.4, 0.5) is 17.1 Å². The van der Waals surface area contributed by atoms with Crippen LogP contribution in [-0.2, 0) is 6.42 Å². The van der Waals surface area contributed by atoms with Gasteiger partial charge in [0.05, 0.1) is 11.0 Å². The average molecular weight is 541 g/mol. The SMILES string of the molecule is CCc1ccc(/C=C/c2ccc(N(c3ccccc3)c3ccc(-n4c5ccccc5c5ccccc54)cc3)cc2)cc1. The Morgan fingerprint density at radius 1 is 0.476 bits per heavy atom. The van der Waals surface area contributed by atoms with Crippen molar-refractivity contribution < 1.29 is 0 Å². The van der Waals surface area contributed by atoms with Gasteiger partial charge < -0.3 is 9.47 Å². The van der Waals surface area contributed by atoms with Crippen molar-refractivity contribution >= 4 is 51.0 Å². The fourth-order valence-electron chi connectivity index (χ4n) is 5.77. The Labute approximate surface area is 247 Å². The largest absolute Gasteiger partial charge is 0.311 e. The molecule has 0 bridgehead atoms. The predicted octanol–water partition coefficient (Wildman–Crippen LogP) is 11.0. The summed E-state index contributed by atoms with van der Waals surface area (Å²) < 4.78 is 2.36.